The lowest BCUT2D eigenvalue weighted by Gasteiger charge is -2.17. The average molecular weight is 473 g/mol. The van der Waals surface area contributed by atoms with Crippen LogP contribution in [0.2, 0.25) is 0 Å². The lowest BCUT2D eigenvalue weighted by molar-refractivity contribution is -0.126. The molecule has 1 saturated carbocycles. The second kappa shape index (κ2) is 8.56. The summed E-state index contributed by atoms with van der Waals surface area (Å²) in [5.41, 5.74) is 2.00. The van der Waals surface area contributed by atoms with Crippen molar-refractivity contribution in [2.45, 2.75) is 31.9 Å². The summed E-state index contributed by atoms with van der Waals surface area (Å²) >= 11 is 0. The maximum atomic E-state index is 13.6. The van der Waals surface area contributed by atoms with Gasteiger partial charge in [-0.25, -0.2) is 0 Å². The summed E-state index contributed by atoms with van der Waals surface area (Å²) in [6.45, 7) is 1.47. The highest BCUT2D eigenvalue weighted by Gasteiger charge is 2.38. The Kier molecular flexibility index (Phi) is 5.70. The summed E-state index contributed by atoms with van der Waals surface area (Å²) in [5.74, 6) is 1.91. The van der Waals surface area contributed by atoms with E-state index in [0.29, 0.717) is 51.1 Å². The summed E-state index contributed by atoms with van der Waals surface area (Å²) in [4.78, 5) is 18.2. The molecule has 1 amide bonds. The van der Waals surface area contributed by atoms with Gasteiger partial charge in [0.15, 0.2) is 11.5 Å². The monoisotopic (exact) mass is 472 g/mol. The highest BCUT2D eigenvalue weighted by molar-refractivity contribution is 6.00. The van der Waals surface area contributed by atoms with Crippen LogP contribution in [0.25, 0.3) is 22.2 Å². The molecular formula is C26H27F3N2O3. The number of fused-ring (bicyclic) bond motifs is 2. The van der Waals surface area contributed by atoms with Gasteiger partial charge in [-0.2, -0.15) is 13.2 Å². The maximum absolute atomic E-state index is 13.6. The Morgan fingerprint density at radius 2 is 1.74 bits per heavy atom. The summed E-state index contributed by atoms with van der Waals surface area (Å²) in [6.07, 6.45) is -2.01. The molecule has 0 bridgehead atoms. The van der Waals surface area contributed by atoms with E-state index < -0.39 is 12.6 Å². The number of carbonyl (C=O) groups is 1. The van der Waals surface area contributed by atoms with Gasteiger partial charge in [-0.05, 0) is 66.6 Å². The highest BCUT2D eigenvalue weighted by Crippen LogP contribution is 2.40. The van der Waals surface area contributed by atoms with E-state index in [1.165, 1.54) is 20.6 Å². The van der Waals surface area contributed by atoms with E-state index in [9.17, 15) is 18.0 Å². The molecule has 34 heavy (non-hydrogen) atoms. The fourth-order valence-electron chi connectivity index (χ4n) is 5.59. The first-order valence-corrected chi connectivity index (χ1v) is 11.5. The van der Waals surface area contributed by atoms with Crippen LogP contribution < -0.4 is 9.47 Å². The first-order chi connectivity index (χ1) is 16.3. The Balaban J connectivity index is 1.56. The molecule has 2 fully saturated rings. The lowest BCUT2D eigenvalue weighted by atomic mass is 10.0. The van der Waals surface area contributed by atoms with Crippen molar-refractivity contribution in [3.63, 3.8) is 0 Å². The predicted octanol–water partition coefficient (Wildman–Crippen LogP) is 5.83. The number of aromatic amines is 1. The van der Waals surface area contributed by atoms with Crippen molar-refractivity contribution >= 4 is 16.8 Å². The molecule has 3 aromatic rings. The van der Waals surface area contributed by atoms with Gasteiger partial charge in [-0.1, -0.05) is 6.42 Å². The number of H-pyrrole nitrogens is 1. The number of hydrogen-bond acceptors (Lipinski definition) is 3. The van der Waals surface area contributed by atoms with E-state index >= 15 is 0 Å². The molecule has 2 unspecified atom stereocenters. The van der Waals surface area contributed by atoms with Crippen LogP contribution >= 0.6 is 0 Å². The number of nitrogens with zero attached hydrogens (tertiary/aromatic N) is 1. The average Bonchev–Trinajstić information content (AvgIpc) is 3.51. The Hall–Kier alpha value is -3.16. The largest absolute Gasteiger partial charge is 0.493 e. The van der Waals surface area contributed by atoms with Crippen LogP contribution in [0.4, 0.5) is 13.2 Å². The van der Waals surface area contributed by atoms with Crippen LogP contribution in [0.1, 0.15) is 35.2 Å². The third kappa shape index (κ3) is 4.10. The fraction of sp³-hybridized carbons (Fsp3) is 0.423. The van der Waals surface area contributed by atoms with E-state index in [4.69, 9.17) is 9.47 Å². The normalized spacial score (nSPS) is 20.1. The van der Waals surface area contributed by atoms with Crippen molar-refractivity contribution in [3.05, 3.63) is 47.5 Å². The van der Waals surface area contributed by atoms with Crippen molar-refractivity contribution < 1.29 is 27.4 Å². The van der Waals surface area contributed by atoms with Crippen LogP contribution in [-0.2, 0) is 6.42 Å². The van der Waals surface area contributed by atoms with Crippen LogP contribution in [0.15, 0.2) is 36.4 Å². The minimum absolute atomic E-state index is 0.108. The topological polar surface area (TPSA) is 54.6 Å². The molecule has 1 aliphatic heterocycles. The van der Waals surface area contributed by atoms with Crippen molar-refractivity contribution in [2.24, 2.45) is 11.8 Å². The van der Waals surface area contributed by atoms with Gasteiger partial charge in [-0.15, -0.1) is 0 Å². The molecule has 180 valence electrons. The third-order valence-electron chi connectivity index (χ3n) is 7.22. The van der Waals surface area contributed by atoms with Gasteiger partial charge in [0.1, 0.15) is 0 Å². The number of benzene rings is 2. The Bertz CT molecular complexity index is 1220. The zero-order valence-corrected chi connectivity index (χ0v) is 19.2. The van der Waals surface area contributed by atoms with Crippen molar-refractivity contribution in [1.29, 1.82) is 0 Å². The number of nitrogens with one attached hydrogen (secondary N) is 1. The number of alkyl halides is 3. The number of likely N-dealkylation sites (tertiary alicyclic amines) is 1. The number of halogens is 3. The number of methoxy groups -OCH3 is 2. The molecule has 2 aliphatic rings. The number of ether oxygens (including phenoxy) is 2. The van der Waals surface area contributed by atoms with E-state index in [1.807, 2.05) is 4.90 Å². The summed E-state index contributed by atoms with van der Waals surface area (Å²) in [6, 6.07) is 10.0. The van der Waals surface area contributed by atoms with Gasteiger partial charge in [0.05, 0.1) is 26.3 Å². The molecular weight excluding hydrogens is 445 g/mol. The van der Waals surface area contributed by atoms with Crippen LogP contribution in [0.3, 0.4) is 0 Å². The van der Waals surface area contributed by atoms with Gasteiger partial charge in [0.2, 0.25) is 0 Å². The number of rotatable bonds is 5. The van der Waals surface area contributed by atoms with E-state index in [1.54, 1.807) is 36.4 Å². The van der Waals surface area contributed by atoms with E-state index in [0.717, 1.165) is 25.9 Å². The van der Waals surface area contributed by atoms with Gasteiger partial charge < -0.3 is 19.4 Å². The molecule has 2 atom stereocenters. The second-order valence-electron chi connectivity index (χ2n) is 9.26. The maximum Gasteiger partial charge on any atom is 0.393 e. The third-order valence-corrected chi connectivity index (χ3v) is 7.22. The van der Waals surface area contributed by atoms with Gasteiger partial charge in [-0.3, -0.25) is 4.79 Å². The van der Waals surface area contributed by atoms with Gasteiger partial charge in [0.25, 0.3) is 5.91 Å². The summed E-state index contributed by atoms with van der Waals surface area (Å²) in [7, 11) is 2.98. The standard InChI is InChI=1S/C26H27F3N2O3/c1-33-22-9-7-15(11-23(22)34-2)24-20(12-26(27,28)29)19-10-16(6-8-21(19)30-24)25(32)31-13-17-4-3-5-18(17)14-31/h6-11,17-18,30H,3-5,12-14H2,1-2H3. The van der Waals surface area contributed by atoms with Crippen LogP contribution in [-0.4, -0.2) is 49.3 Å². The van der Waals surface area contributed by atoms with Crippen molar-refractivity contribution in [2.75, 3.05) is 27.3 Å². The zero-order chi connectivity index (χ0) is 24.0. The molecule has 1 aliphatic carbocycles. The predicted molar refractivity (Wildman–Crippen MR) is 123 cm³/mol. The minimum atomic E-state index is -4.41. The smallest absolute Gasteiger partial charge is 0.393 e. The molecule has 0 radical (unpaired) electrons. The number of carbonyl (C=O) groups excluding carboxylic acids is 1. The highest BCUT2D eigenvalue weighted by atomic mass is 19.4. The van der Waals surface area contributed by atoms with Crippen LogP contribution in [0, 0.1) is 11.8 Å². The Labute approximate surface area is 195 Å². The fourth-order valence-corrected chi connectivity index (χ4v) is 5.59. The van der Waals surface area contributed by atoms with Gasteiger partial charge in [0, 0.05) is 35.1 Å². The van der Waals surface area contributed by atoms with Crippen molar-refractivity contribution in [1.82, 2.24) is 9.88 Å². The molecule has 1 aromatic heterocycles. The molecule has 1 saturated heterocycles. The van der Waals surface area contributed by atoms with E-state index in [-0.39, 0.29) is 11.5 Å². The summed E-state index contributed by atoms with van der Waals surface area (Å²) < 4.78 is 51.4. The molecule has 0 spiro atoms. The number of hydrogen-bond donors (Lipinski definition) is 1. The molecule has 5 nitrogen and oxygen atoms in total. The van der Waals surface area contributed by atoms with Crippen LogP contribution in [0.5, 0.6) is 11.5 Å². The van der Waals surface area contributed by atoms with Crippen molar-refractivity contribution in [3.8, 4) is 22.8 Å². The molecule has 1 N–H and O–H groups in total. The molecule has 2 aromatic carbocycles. The van der Waals surface area contributed by atoms with Gasteiger partial charge >= 0.3 is 6.18 Å². The minimum Gasteiger partial charge on any atom is -0.493 e. The summed E-state index contributed by atoms with van der Waals surface area (Å²) in [5, 5.41) is 0.410. The Morgan fingerprint density at radius 3 is 2.38 bits per heavy atom. The zero-order valence-electron chi connectivity index (χ0n) is 19.2. The molecule has 2 heterocycles. The Morgan fingerprint density at radius 1 is 1.03 bits per heavy atom. The molecule has 5 rings (SSSR count). The quantitative estimate of drug-likeness (QED) is 0.509. The number of aromatic nitrogens is 1. The lowest BCUT2D eigenvalue weighted by Crippen LogP contribution is -2.29. The number of amides is 1. The molecule has 8 heteroatoms. The first kappa shape index (κ1) is 22.6. The SMILES string of the molecule is COc1ccc(-c2[nH]c3ccc(C(=O)N4CC5CCCC5C4)cc3c2CC(F)(F)F)cc1OC. The first-order valence-electron chi connectivity index (χ1n) is 11.5. The van der Waals surface area contributed by atoms with E-state index in [2.05, 4.69) is 4.98 Å². The second-order valence-corrected chi connectivity index (χ2v) is 9.26.